The summed E-state index contributed by atoms with van der Waals surface area (Å²) in [4.78, 5) is 22.3. The Labute approximate surface area is 94.7 Å². The second-order valence-corrected chi connectivity index (χ2v) is 3.82. The van der Waals surface area contributed by atoms with Crippen LogP contribution in [0.5, 0.6) is 0 Å². The average molecular weight is 230 g/mol. The predicted octanol–water partition coefficient (Wildman–Crippen LogP) is -0.957. The summed E-state index contributed by atoms with van der Waals surface area (Å²) in [5.74, 6) is -0.459. The maximum absolute atomic E-state index is 11.5. The van der Waals surface area contributed by atoms with Crippen molar-refractivity contribution in [2.75, 3.05) is 26.3 Å². The van der Waals surface area contributed by atoms with Crippen LogP contribution >= 0.6 is 0 Å². The number of carbonyl (C=O) groups excluding carboxylic acids is 2. The van der Waals surface area contributed by atoms with Crippen LogP contribution in [0.1, 0.15) is 13.8 Å². The van der Waals surface area contributed by atoms with E-state index in [-0.39, 0.29) is 37.7 Å². The van der Waals surface area contributed by atoms with Gasteiger partial charge >= 0.3 is 5.97 Å². The van der Waals surface area contributed by atoms with E-state index in [9.17, 15) is 9.59 Å². The van der Waals surface area contributed by atoms with E-state index in [2.05, 4.69) is 10.6 Å². The molecule has 92 valence electrons. The van der Waals surface area contributed by atoms with Crippen LogP contribution in [0.3, 0.4) is 0 Å². The molecular formula is C10H18N2O4. The van der Waals surface area contributed by atoms with Crippen LogP contribution in [0, 0.1) is 0 Å². The Bertz CT molecular complexity index is 245. The summed E-state index contributed by atoms with van der Waals surface area (Å²) >= 11 is 0. The number of hydrogen-bond donors (Lipinski definition) is 2. The lowest BCUT2D eigenvalue weighted by molar-refractivity contribution is -0.148. The average Bonchev–Trinajstić information content (AvgIpc) is 2.25. The quantitative estimate of drug-likeness (QED) is 0.470. The monoisotopic (exact) mass is 230 g/mol. The molecule has 0 bridgehead atoms. The highest BCUT2D eigenvalue weighted by molar-refractivity contribution is 5.83. The van der Waals surface area contributed by atoms with Crippen molar-refractivity contribution in [2.24, 2.45) is 0 Å². The van der Waals surface area contributed by atoms with E-state index < -0.39 is 6.04 Å². The van der Waals surface area contributed by atoms with Gasteiger partial charge < -0.3 is 14.8 Å². The molecule has 1 aliphatic rings. The van der Waals surface area contributed by atoms with Gasteiger partial charge in [-0.2, -0.15) is 0 Å². The second-order valence-electron chi connectivity index (χ2n) is 3.82. The van der Waals surface area contributed by atoms with E-state index in [1.54, 1.807) is 0 Å². The third-order valence-electron chi connectivity index (χ3n) is 2.08. The summed E-state index contributed by atoms with van der Waals surface area (Å²) in [6.45, 7) is 4.90. The van der Waals surface area contributed by atoms with Crippen molar-refractivity contribution in [2.45, 2.75) is 26.0 Å². The van der Waals surface area contributed by atoms with Crippen molar-refractivity contribution in [3.05, 3.63) is 0 Å². The van der Waals surface area contributed by atoms with Crippen molar-refractivity contribution < 1.29 is 19.1 Å². The third-order valence-corrected chi connectivity index (χ3v) is 2.08. The van der Waals surface area contributed by atoms with Crippen molar-refractivity contribution >= 4 is 11.9 Å². The number of amides is 1. The minimum Gasteiger partial charge on any atom is -0.462 e. The van der Waals surface area contributed by atoms with E-state index in [1.165, 1.54) is 0 Å². The van der Waals surface area contributed by atoms with Crippen molar-refractivity contribution in [3.63, 3.8) is 0 Å². The lowest BCUT2D eigenvalue weighted by Gasteiger charge is -2.22. The summed E-state index contributed by atoms with van der Waals surface area (Å²) in [6, 6.07) is -0.447. The molecular weight excluding hydrogens is 212 g/mol. The maximum Gasteiger partial charge on any atom is 0.325 e. The van der Waals surface area contributed by atoms with E-state index in [0.29, 0.717) is 6.61 Å². The minimum absolute atomic E-state index is 0.104. The first-order valence-corrected chi connectivity index (χ1v) is 5.38. The minimum atomic E-state index is -0.447. The first-order valence-electron chi connectivity index (χ1n) is 5.38. The summed E-state index contributed by atoms with van der Waals surface area (Å²) in [6.07, 6.45) is 0.130. The zero-order chi connectivity index (χ0) is 12.0. The maximum atomic E-state index is 11.5. The van der Waals surface area contributed by atoms with Gasteiger partial charge in [0.2, 0.25) is 5.91 Å². The van der Waals surface area contributed by atoms with Crippen LogP contribution in [0.15, 0.2) is 0 Å². The van der Waals surface area contributed by atoms with E-state index in [1.807, 2.05) is 13.8 Å². The molecule has 0 aromatic carbocycles. The van der Waals surface area contributed by atoms with Crippen LogP contribution in [-0.2, 0) is 19.1 Å². The molecule has 0 radical (unpaired) electrons. The molecule has 1 heterocycles. The molecule has 0 aromatic heterocycles. The van der Waals surface area contributed by atoms with Crippen LogP contribution in [-0.4, -0.2) is 50.3 Å². The standard InChI is InChI=1S/C10H18N2O4/c1-7(2)15-3-4-16-10(14)8-5-12-9(13)6-11-8/h7-8,11H,3-6H2,1-2H3,(H,12,13). The van der Waals surface area contributed by atoms with Gasteiger partial charge in [-0.25, -0.2) is 0 Å². The summed E-state index contributed by atoms with van der Waals surface area (Å²) in [5.41, 5.74) is 0. The Balaban J connectivity index is 2.12. The van der Waals surface area contributed by atoms with Crippen molar-refractivity contribution in [1.29, 1.82) is 0 Å². The number of esters is 1. The van der Waals surface area contributed by atoms with Crippen LogP contribution < -0.4 is 10.6 Å². The van der Waals surface area contributed by atoms with Gasteiger partial charge in [0.15, 0.2) is 0 Å². The van der Waals surface area contributed by atoms with Gasteiger partial charge in [-0.1, -0.05) is 0 Å². The molecule has 0 aromatic rings. The highest BCUT2D eigenvalue weighted by atomic mass is 16.6. The number of rotatable bonds is 5. The second kappa shape index (κ2) is 6.44. The van der Waals surface area contributed by atoms with E-state index in [0.717, 1.165) is 0 Å². The predicted molar refractivity (Wildman–Crippen MR) is 56.8 cm³/mol. The molecule has 1 atom stereocenters. The van der Waals surface area contributed by atoms with Gasteiger partial charge in [-0.15, -0.1) is 0 Å². The fraction of sp³-hybridized carbons (Fsp3) is 0.800. The third kappa shape index (κ3) is 4.59. The molecule has 1 rings (SSSR count). The first-order chi connectivity index (χ1) is 7.59. The van der Waals surface area contributed by atoms with E-state index >= 15 is 0 Å². The fourth-order valence-electron chi connectivity index (χ4n) is 1.26. The number of nitrogens with one attached hydrogen (secondary N) is 2. The molecule has 16 heavy (non-hydrogen) atoms. The molecule has 1 aliphatic heterocycles. The lowest BCUT2D eigenvalue weighted by atomic mass is 10.2. The molecule has 1 amide bonds. The molecule has 6 heteroatoms. The Hall–Kier alpha value is -1.14. The SMILES string of the molecule is CC(C)OCCOC(=O)C1CNC(=O)CN1. The number of hydrogen-bond acceptors (Lipinski definition) is 5. The number of piperazine rings is 1. The molecule has 1 unspecified atom stereocenters. The highest BCUT2D eigenvalue weighted by Gasteiger charge is 2.24. The molecule has 2 N–H and O–H groups in total. The fourth-order valence-corrected chi connectivity index (χ4v) is 1.26. The molecule has 1 saturated heterocycles. The molecule has 0 aliphatic carbocycles. The zero-order valence-electron chi connectivity index (χ0n) is 9.62. The molecule has 1 fully saturated rings. The topological polar surface area (TPSA) is 76.7 Å². The Morgan fingerprint density at radius 2 is 2.25 bits per heavy atom. The number of ether oxygens (including phenoxy) is 2. The van der Waals surface area contributed by atoms with Crippen LogP contribution in [0.2, 0.25) is 0 Å². The molecule has 6 nitrogen and oxygen atoms in total. The molecule has 0 spiro atoms. The van der Waals surface area contributed by atoms with Gasteiger partial charge in [0, 0.05) is 6.54 Å². The van der Waals surface area contributed by atoms with E-state index in [4.69, 9.17) is 9.47 Å². The zero-order valence-corrected chi connectivity index (χ0v) is 9.62. The van der Waals surface area contributed by atoms with Crippen molar-refractivity contribution in [3.8, 4) is 0 Å². The first kappa shape index (κ1) is 12.9. The van der Waals surface area contributed by atoms with Crippen LogP contribution in [0.4, 0.5) is 0 Å². The normalized spacial score (nSPS) is 20.7. The van der Waals surface area contributed by atoms with Crippen molar-refractivity contribution in [1.82, 2.24) is 10.6 Å². The lowest BCUT2D eigenvalue weighted by Crippen LogP contribution is -2.55. The van der Waals surface area contributed by atoms with Crippen LogP contribution in [0.25, 0.3) is 0 Å². The van der Waals surface area contributed by atoms with Gasteiger partial charge in [-0.3, -0.25) is 14.9 Å². The largest absolute Gasteiger partial charge is 0.462 e. The Morgan fingerprint density at radius 1 is 1.50 bits per heavy atom. The Kier molecular flexibility index (Phi) is 5.21. The summed E-state index contributed by atoms with van der Waals surface area (Å²) in [7, 11) is 0. The molecule has 0 saturated carbocycles. The summed E-state index contributed by atoms with van der Waals surface area (Å²) in [5, 5.41) is 5.38. The van der Waals surface area contributed by atoms with Gasteiger partial charge in [0.25, 0.3) is 0 Å². The van der Waals surface area contributed by atoms with Gasteiger partial charge in [0.05, 0.1) is 19.3 Å². The summed E-state index contributed by atoms with van der Waals surface area (Å²) < 4.78 is 10.2. The smallest absolute Gasteiger partial charge is 0.325 e. The Morgan fingerprint density at radius 3 is 2.81 bits per heavy atom. The van der Waals surface area contributed by atoms with Gasteiger partial charge in [-0.05, 0) is 13.8 Å². The van der Waals surface area contributed by atoms with Gasteiger partial charge in [0.1, 0.15) is 12.6 Å². The number of carbonyl (C=O) groups is 2. The highest BCUT2D eigenvalue weighted by Crippen LogP contribution is 1.94.